The highest BCUT2D eigenvalue weighted by molar-refractivity contribution is 5.84. The van der Waals surface area contributed by atoms with E-state index in [9.17, 15) is 23.6 Å². The van der Waals surface area contributed by atoms with Crippen molar-refractivity contribution in [2.75, 3.05) is 46.6 Å². The molecular weight excluding hydrogens is 544 g/mol. The maximum atomic E-state index is 13.4. The summed E-state index contributed by atoms with van der Waals surface area (Å²) in [5.41, 5.74) is 0.122. The number of Topliss-reactive ketones (excluding diaryl/α,β-unsaturated/α-hetero) is 1. The van der Waals surface area contributed by atoms with Gasteiger partial charge in [0.2, 0.25) is 5.91 Å². The number of esters is 1. The summed E-state index contributed by atoms with van der Waals surface area (Å²) >= 11 is 0. The number of methoxy groups -OCH3 is 1. The van der Waals surface area contributed by atoms with Crippen molar-refractivity contribution < 1.29 is 37.8 Å². The summed E-state index contributed by atoms with van der Waals surface area (Å²) in [5, 5.41) is 0. The summed E-state index contributed by atoms with van der Waals surface area (Å²) in [7, 11) is 1.30. The first kappa shape index (κ1) is 33.3. The fourth-order valence-electron chi connectivity index (χ4n) is 5.58. The van der Waals surface area contributed by atoms with Gasteiger partial charge in [0.1, 0.15) is 30.4 Å². The largest absolute Gasteiger partial charge is 0.489 e. The molecular formula is C31H46FN3O7. The predicted octanol–water partition coefficient (Wildman–Crippen LogP) is 4.70. The van der Waals surface area contributed by atoms with Gasteiger partial charge < -0.3 is 24.0 Å². The minimum atomic E-state index is -0.640. The maximum Gasteiger partial charge on any atom is 0.410 e. The molecule has 3 heterocycles. The second-order valence-electron chi connectivity index (χ2n) is 12.3. The second-order valence-corrected chi connectivity index (χ2v) is 12.3. The van der Waals surface area contributed by atoms with Crippen LogP contribution in [0.15, 0.2) is 18.5 Å². The number of halogens is 1. The fraction of sp³-hybridized carbons (Fsp3) is 0.710. The van der Waals surface area contributed by atoms with Gasteiger partial charge in [0.25, 0.3) is 0 Å². The minimum absolute atomic E-state index is 0.00140. The summed E-state index contributed by atoms with van der Waals surface area (Å²) in [6.45, 7) is 7.07. The number of aromatic nitrogens is 1. The number of hydrogen-bond donors (Lipinski definition) is 0. The van der Waals surface area contributed by atoms with Crippen molar-refractivity contribution >= 4 is 23.8 Å². The van der Waals surface area contributed by atoms with Crippen LogP contribution >= 0.6 is 0 Å². The number of carbonyl (C=O) groups is 4. The average Bonchev–Trinajstić information content (AvgIpc) is 2.97. The summed E-state index contributed by atoms with van der Waals surface area (Å²) in [6.07, 6.45) is 7.14. The molecule has 0 spiro atoms. The van der Waals surface area contributed by atoms with E-state index in [1.807, 2.05) is 20.8 Å². The molecule has 0 unspecified atom stereocenters. The standard InChI is InChI=1S/C31H46FN3O7/c1-31(2,3)42-30(39)34-13-9-22(10-14-34)7-8-28(37)35-12-5-6-23(21-35)27(36)17-24(18-29(38)40-4)25-16-26(20-33-19-25)41-15-11-32/h16,19-20,22-24H,5-15,17-18,21H2,1-4H3/t23-,24+/m1/s1/i32-1. The monoisotopic (exact) mass is 590 g/mol. The van der Waals surface area contributed by atoms with Gasteiger partial charge in [-0.1, -0.05) is 0 Å². The molecule has 2 aliphatic rings. The summed E-state index contributed by atoms with van der Waals surface area (Å²) < 4.78 is 28.2. The first-order valence-corrected chi connectivity index (χ1v) is 15.0. The highest BCUT2D eigenvalue weighted by Gasteiger charge is 2.32. The number of ketones is 1. The van der Waals surface area contributed by atoms with Gasteiger partial charge in [-0.25, -0.2) is 9.18 Å². The lowest BCUT2D eigenvalue weighted by atomic mass is 9.84. The van der Waals surface area contributed by atoms with E-state index in [-0.39, 0.29) is 43.2 Å². The number of hydrogen-bond acceptors (Lipinski definition) is 8. The van der Waals surface area contributed by atoms with E-state index in [0.29, 0.717) is 56.3 Å². The molecule has 0 aromatic carbocycles. The molecule has 234 valence electrons. The van der Waals surface area contributed by atoms with E-state index >= 15 is 0 Å². The number of likely N-dealkylation sites (tertiary alicyclic amines) is 2. The molecule has 3 rings (SSSR count). The van der Waals surface area contributed by atoms with E-state index in [2.05, 4.69) is 4.98 Å². The van der Waals surface area contributed by atoms with Crippen LogP contribution < -0.4 is 4.74 Å². The SMILES string of the molecule is COC(=O)C[C@H](CC(=O)[C@@H]1CCCN(C(=O)CCC2CCN(C(=O)OC(C)(C)C)CC2)C1)c1cncc(OCC[18F])c1. The van der Waals surface area contributed by atoms with Gasteiger partial charge in [0.05, 0.1) is 19.7 Å². The van der Waals surface area contributed by atoms with E-state index in [1.54, 1.807) is 22.1 Å². The van der Waals surface area contributed by atoms with Gasteiger partial charge >= 0.3 is 12.1 Å². The van der Waals surface area contributed by atoms with Gasteiger partial charge in [0.15, 0.2) is 0 Å². The topological polar surface area (TPSA) is 115 Å². The first-order chi connectivity index (χ1) is 20.0. The first-order valence-electron chi connectivity index (χ1n) is 15.0. The van der Waals surface area contributed by atoms with Crippen molar-refractivity contribution in [2.24, 2.45) is 11.8 Å². The lowest BCUT2D eigenvalue weighted by Gasteiger charge is -2.35. The Morgan fingerprint density at radius 2 is 1.79 bits per heavy atom. The smallest absolute Gasteiger partial charge is 0.410 e. The molecule has 2 aliphatic heterocycles. The molecule has 2 atom stereocenters. The second kappa shape index (κ2) is 15.8. The molecule has 10 nitrogen and oxygen atoms in total. The molecule has 1 aromatic heterocycles. The zero-order valence-corrected chi connectivity index (χ0v) is 25.4. The molecule has 0 aliphatic carbocycles. The molecule has 2 saturated heterocycles. The predicted molar refractivity (Wildman–Crippen MR) is 154 cm³/mol. The Kier molecular flexibility index (Phi) is 12.5. The lowest BCUT2D eigenvalue weighted by molar-refractivity contribution is -0.141. The summed E-state index contributed by atoms with van der Waals surface area (Å²) in [4.78, 5) is 58.7. The molecule has 0 N–H and O–H groups in total. The Labute approximate surface area is 248 Å². The van der Waals surface area contributed by atoms with Crippen LogP contribution in [-0.2, 0) is 23.9 Å². The molecule has 11 heteroatoms. The van der Waals surface area contributed by atoms with E-state index in [4.69, 9.17) is 14.2 Å². The summed E-state index contributed by atoms with van der Waals surface area (Å²) in [5.74, 6) is -0.436. The third kappa shape index (κ3) is 10.5. The Morgan fingerprint density at radius 1 is 1.05 bits per heavy atom. The molecule has 0 saturated carbocycles. The Bertz CT molecular complexity index is 1070. The number of alkyl halides is 1. The van der Waals surface area contributed by atoms with Crippen molar-refractivity contribution in [2.45, 2.75) is 83.7 Å². The normalized spacial score (nSPS) is 18.7. The third-order valence-corrected chi connectivity index (χ3v) is 7.90. The van der Waals surface area contributed by atoms with Crippen LogP contribution in [0.5, 0.6) is 5.75 Å². The van der Waals surface area contributed by atoms with Crippen LogP contribution in [0.3, 0.4) is 0 Å². The molecule has 2 amide bonds. The van der Waals surface area contributed by atoms with Crippen molar-refractivity contribution in [3.05, 3.63) is 24.0 Å². The van der Waals surface area contributed by atoms with Crippen LogP contribution in [0, 0.1) is 11.8 Å². The number of rotatable bonds is 12. The molecule has 2 fully saturated rings. The zero-order chi connectivity index (χ0) is 30.7. The third-order valence-electron chi connectivity index (χ3n) is 7.90. The number of amides is 2. The van der Waals surface area contributed by atoms with Gasteiger partial charge in [-0.2, -0.15) is 0 Å². The number of nitrogens with zero attached hydrogens (tertiary/aromatic N) is 3. The Hall–Kier alpha value is -3.24. The molecule has 0 bridgehead atoms. The van der Waals surface area contributed by atoms with Gasteiger partial charge in [-0.05, 0) is 70.4 Å². The van der Waals surface area contributed by atoms with Crippen LogP contribution in [0.2, 0.25) is 0 Å². The Balaban J connectivity index is 1.51. The van der Waals surface area contributed by atoms with Gasteiger partial charge in [-0.3, -0.25) is 19.4 Å². The molecule has 1 aromatic rings. The van der Waals surface area contributed by atoms with Crippen molar-refractivity contribution in [3.63, 3.8) is 0 Å². The summed E-state index contributed by atoms with van der Waals surface area (Å²) in [6, 6.07) is 1.68. The number of piperidine rings is 2. The van der Waals surface area contributed by atoms with Crippen LogP contribution in [0.4, 0.5) is 9.18 Å². The van der Waals surface area contributed by atoms with Crippen molar-refractivity contribution in [3.8, 4) is 5.75 Å². The number of ether oxygens (including phenoxy) is 3. The van der Waals surface area contributed by atoms with Crippen molar-refractivity contribution in [1.29, 1.82) is 0 Å². The van der Waals surface area contributed by atoms with E-state index in [0.717, 1.165) is 25.7 Å². The van der Waals surface area contributed by atoms with Gasteiger partial charge in [-0.15, -0.1) is 0 Å². The van der Waals surface area contributed by atoms with Crippen LogP contribution in [-0.4, -0.2) is 90.7 Å². The quantitative estimate of drug-likeness (QED) is 0.322. The van der Waals surface area contributed by atoms with Crippen LogP contribution in [0.1, 0.15) is 83.6 Å². The molecule has 0 radical (unpaired) electrons. The number of pyridine rings is 1. The molecule has 42 heavy (non-hydrogen) atoms. The fourth-order valence-corrected chi connectivity index (χ4v) is 5.58. The van der Waals surface area contributed by atoms with Crippen LogP contribution in [0.25, 0.3) is 0 Å². The highest BCUT2D eigenvalue weighted by atomic mass is 18.2. The van der Waals surface area contributed by atoms with Crippen molar-refractivity contribution in [1.82, 2.24) is 14.8 Å². The van der Waals surface area contributed by atoms with E-state index < -0.39 is 24.2 Å². The zero-order valence-electron chi connectivity index (χ0n) is 25.4. The Morgan fingerprint density at radius 3 is 2.45 bits per heavy atom. The minimum Gasteiger partial charge on any atom is -0.489 e. The highest BCUT2D eigenvalue weighted by Crippen LogP contribution is 2.30. The van der Waals surface area contributed by atoms with E-state index in [1.165, 1.54) is 13.3 Å². The number of carbonyl (C=O) groups excluding carboxylic acids is 4. The lowest BCUT2D eigenvalue weighted by Crippen LogP contribution is -2.43. The maximum absolute atomic E-state index is 13.4. The average molecular weight is 591 g/mol. The van der Waals surface area contributed by atoms with Gasteiger partial charge in [0, 0.05) is 57.1 Å².